The summed E-state index contributed by atoms with van der Waals surface area (Å²) in [4.78, 5) is 6.78. The van der Waals surface area contributed by atoms with E-state index >= 15 is 0 Å². The van der Waals surface area contributed by atoms with Gasteiger partial charge in [-0.2, -0.15) is 13.2 Å². The maximum absolute atomic E-state index is 12.7. The number of aryl methyl sites for hydroxylation is 1. The minimum absolute atomic E-state index is 0.120. The van der Waals surface area contributed by atoms with E-state index in [4.69, 9.17) is 0 Å². The smallest absolute Gasteiger partial charge is 0.230 e. The Balaban J connectivity index is 2.52. The van der Waals surface area contributed by atoms with Crippen LogP contribution in [0.5, 0.6) is 0 Å². The molecule has 1 aromatic carbocycles. The van der Waals surface area contributed by atoms with Gasteiger partial charge in [0.2, 0.25) is 5.82 Å². The SMILES string of the molecule is Cc1cc(-c2ccc(F)cc2)nc(C(F)(F)F)n1. The first-order valence-electron chi connectivity index (χ1n) is 5.05. The van der Waals surface area contributed by atoms with Gasteiger partial charge in [-0.25, -0.2) is 14.4 Å². The van der Waals surface area contributed by atoms with E-state index < -0.39 is 17.8 Å². The minimum atomic E-state index is -4.60. The fourth-order valence-electron chi connectivity index (χ4n) is 1.46. The van der Waals surface area contributed by atoms with Crippen LogP contribution in [0, 0.1) is 12.7 Å². The zero-order chi connectivity index (χ0) is 13.3. The second-order valence-corrected chi connectivity index (χ2v) is 3.72. The summed E-state index contributed by atoms with van der Waals surface area (Å²) < 4.78 is 50.4. The van der Waals surface area contributed by atoms with Gasteiger partial charge in [0.15, 0.2) is 0 Å². The predicted molar refractivity (Wildman–Crippen MR) is 57.2 cm³/mol. The molecule has 0 bridgehead atoms. The molecule has 0 fully saturated rings. The second-order valence-electron chi connectivity index (χ2n) is 3.72. The molecule has 2 aromatic rings. The van der Waals surface area contributed by atoms with Crippen LogP contribution in [-0.4, -0.2) is 9.97 Å². The fourth-order valence-corrected chi connectivity index (χ4v) is 1.46. The zero-order valence-electron chi connectivity index (χ0n) is 9.29. The molecule has 1 aromatic heterocycles. The molecule has 0 unspecified atom stereocenters. The van der Waals surface area contributed by atoms with Crippen molar-refractivity contribution in [3.63, 3.8) is 0 Å². The van der Waals surface area contributed by atoms with Crippen LogP contribution in [0.15, 0.2) is 30.3 Å². The van der Waals surface area contributed by atoms with Gasteiger partial charge in [-0.05, 0) is 37.3 Å². The lowest BCUT2D eigenvalue weighted by Crippen LogP contribution is -2.12. The molecular weight excluding hydrogens is 248 g/mol. The highest BCUT2D eigenvalue weighted by molar-refractivity contribution is 5.59. The summed E-state index contributed by atoms with van der Waals surface area (Å²) in [6.45, 7) is 1.45. The minimum Gasteiger partial charge on any atom is -0.230 e. The van der Waals surface area contributed by atoms with Crippen LogP contribution in [0.25, 0.3) is 11.3 Å². The molecule has 0 aliphatic carbocycles. The Morgan fingerprint density at radius 2 is 1.61 bits per heavy atom. The lowest BCUT2D eigenvalue weighted by molar-refractivity contribution is -0.145. The molecule has 94 valence electrons. The number of rotatable bonds is 1. The Kier molecular flexibility index (Phi) is 3.02. The summed E-state index contributed by atoms with van der Waals surface area (Å²) in [6, 6.07) is 6.50. The van der Waals surface area contributed by atoms with Crippen molar-refractivity contribution in [1.82, 2.24) is 9.97 Å². The van der Waals surface area contributed by atoms with Crippen LogP contribution in [0.4, 0.5) is 17.6 Å². The van der Waals surface area contributed by atoms with Crippen LogP contribution in [0.2, 0.25) is 0 Å². The van der Waals surface area contributed by atoms with E-state index in [1.54, 1.807) is 0 Å². The summed E-state index contributed by atoms with van der Waals surface area (Å²) in [7, 11) is 0. The second kappa shape index (κ2) is 4.36. The molecule has 6 heteroatoms. The summed E-state index contributed by atoms with van der Waals surface area (Å²) in [5.41, 5.74) is 0.735. The Bertz CT molecular complexity index is 561. The maximum Gasteiger partial charge on any atom is 0.451 e. The van der Waals surface area contributed by atoms with Gasteiger partial charge in [-0.15, -0.1) is 0 Å². The number of halogens is 4. The normalized spacial score (nSPS) is 11.6. The van der Waals surface area contributed by atoms with Gasteiger partial charge < -0.3 is 0 Å². The van der Waals surface area contributed by atoms with E-state index in [-0.39, 0.29) is 11.4 Å². The summed E-state index contributed by atoms with van der Waals surface area (Å²) in [6.07, 6.45) is -4.60. The quantitative estimate of drug-likeness (QED) is 0.728. The third-order valence-electron chi connectivity index (χ3n) is 2.25. The highest BCUT2D eigenvalue weighted by atomic mass is 19.4. The van der Waals surface area contributed by atoms with Crippen molar-refractivity contribution in [3.8, 4) is 11.3 Å². The van der Waals surface area contributed by atoms with Gasteiger partial charge in [0, 0.05) is 11.3 Å². The Hall–Kier alpha value is -1.98. The Morgan fingerprint density at radius 1 is 1.00 bits per heavy atom. The number of benzene rings is 1. The average Bonchev–Trinajstić information content (AvgIpc) is 2.28. The van der Waals surface area contributed by atoms with Crippen LogP contribution >= 0.6 is 0 Å². The number of hydrogen-bond donors (Lipinski definition) is 0. The molecule has 0 saturated heterocycles. The van der Waals surface area contributed by atoms with Crippen LogP contribution < -0.4 is 0 Å². The summed E-state index contributed by atoms with van der Waals surface area (Å²) in [5, 5.41) is 0. The van der Waals surface area contributed by atoms with Crippen LogP contribution in [0.1, 0.15) is 11.5 Å². The number of hydrogen-bond acceptors (Lipinski definition) is 2. The molecule has 2 rings (SSSR count). The lowest BCUT2D eigenvalue weighted by atomic mass is 10.1. The van der Waals surface area contributed by atoms with Crippen LogP contribution in [0.3, 0.4) is 0 Å². The van der Waals surface area contributed by atoms with E-state index in [0.717, 1.165) is 0 Å². The van der Waals surface area contributed by atoms with Gasteiger partial charge in [0.05, 0.1) is 5.69 Å². The monoisotopic (exact) mass is 256 g/mol. The van der Waals surface area contributed by atoms with Gasteiger partial charge in [-0.3, -0.25) is 0 Å². The fraction of sp³-hybridized carbons (Fsp3) is 0.167. The highest BCUT2D eigenvalue weighted by Crippen LogP contribution is 2.28. The largest absolute Gasteiger partial charge is 0.451 e. The first kappa shape index (κ1) is 12.5. The van der Waals surface area contributed by atoms with Crippen molar-refractivity contribution < 1.29 is 17.6 Å². The molecule has 2 nitrogen and oxygen atoms in total. The molecule has 0 N–H and O–H groups in total. The van der Waals surface area contributed by atoms with E-state index in [2.05, 4.69) is 9.97 Å². The Morgan fingerprint density at radius 3 is 2.17 bits per heavy atom. The third-order valence-corrected chi connectivity index (χ3v) is 2.25. The van der Waals surface area contributed by atoms with Gasteiger partial charge >= 0.3 is 6.18 Å². The molecule has 0 saturated carbocycles. The lowest BCUT2D eigenvalue weighted by Gasteiger charge is -2.08. The first-order chi connectivity index (χ1) is 8.36. The third kappa shape index (κ3) is 2.64. The molecule has 0 aliphatic rings. The van der Waals surface area contributed by atoms with Crippen molar-refractivity contribution in [2.75, 3.05) is 0 Å². The molecule has 0 aliphatic heterocycles. The molecular formula is C12H8F4N2. The van der Waals surface area contributed by atoms with E-state index in [9.17, 15) is 17.6 Å². The standard InChI is InChI=1S/C12H8F4N2/c1-7-6-10(8-2-4-9(13)5-3-8)18-11(17-7)12(14,15)16/h2-6H,1H3. The summed E-state index contributed by atoms with van der Waals surface area (Å²) >= 11 is 0. The Labute approximate surface area is 100 Å². The van der Waals surface area contributed by atoms with Crippen molar-refractivity contribution >= 4 is 0 Å². The topological polar surface area (TPSA) is 25.8 Å². The number of aromatic nitrogens is 2. The molecule has 18 heavy (non-hydrogen) atoms. The molecule has 0 atom stereocenters. The van der Waals surface area contributed by atoms with Crippen molar-refractivity contribution in [2.24, 2.45) is 0 Å². The first-order valence-corrected chi connectivity index (χ1v) is 5.05. The van der Waals surface area contributed by atoms with E-state index in [0.29, 0.717) is 5.56 Å². The molecule has 0 spiro atoms. The van der Waals surface area contributed by atoms with Crippen molar-refractivity contribution in [2.45, 2.75) is 13.1 Å². The highest BCUT2D eigenvalue weighted by Gasteiger charge is 2.35. The molecule has 1 heterocycles. The predicted octanol–water partition coefficient (Wildman–Crippen LogP) is 3.61. The van der Waals surface area contributed by atoms with Crippen molar-refractivity contribution in [3.05, 3.63) is 47.7 Å². The molecule has 0 radical (unpaired) electrons. The van der Waals surface area contributed by atoms with Gasteiger partial charge in [-0.1, -0.05) is 0 Å². The van der Waals surface area contributed by atoms with Gasteiger partial charge in [0.1, 0.15) is 5.82 Å². The van der Waals surface area contributed by atoms with Gasteiger partial charge in [0.25, 0.3) is 0 Å². The zero-order valence-corrected chi connectivity index (χ0v) is 9.29. The molecule has 0 amide bonds. The number of alkyl halides is 3. The van der Waals surface area contributed by atoms with E-state index in [1.165, 1.54) is 37.3 Å². The number of nitrogens with zero attached hydrogens (tertiary/aromatic N) is 2. The van der Waals surface area contributed by atoms with Crippen LogP contribution in [-0.2, 0) is 6.18 Å². The van der Waals surface area contributed by atoms with Crippen molar-refractivity contribution in [1.29, 1.82) is 0 Å². The summed E-state index contributed by atoms with van der Waals surface area (Å²) in [5.74, 6) is -1.65. The maximum atomic E-state index is 12.7. The van der Waals surface area contributed by atoms with E-state index in [1.807, 2.05) is 0 Å². The average molecular weight is 256 g/mol.